The summed E-state index contributed by atoms with van der Waals surface area (Å²) < 4.78 is 5.43. The van der Waals surface area contributed by atoms with Crippen LogP contribution in [0, 0.1) is 0 Å². The number of amides is 2. The quantitative estimate of drug-likeness (QED) is 0.0359. The fraction of sp³-hybridized carbons (Fsp3) is 0.732. The van der Waals surface area contributed by atoms with Crippen LogP contribution in [0.3, 0.4) is 0 Å². The van der Waals surface area contributed by atoms with Crippen LogP contribution < -0.4 is 10.6 Å². The van der Waals surface area contributed by atoms with Crippen molar-refractivity contribution in [3.05, 3.63) is 48.6 Å². The standard InChI is InChI=1S/C41H72N2O5/c1-3-5-7-9-11-13-15-17-19-21-23-25-27-29-31-33-35-48-41(47)38(36-42-40(46)37-44)43-39(45)34-32-30-28-26-24-22-20-18-16-14-12-10-8-6-4-2/h11-14,17-20,38,44H,3-10,15-16,21-37H2,1-2H3,(H,42,46)(H,43,45)/b13-11-,14-12-,19-17-,20-18-. The van der Waals surface area contributed by atoms with Crippen LogP contribution in [-0.2, 0) is 19.1 Å². The van der Waals surface area contributed by atoms with Crippen molar-refractivity contribution in [2.45, 2.75) is 174 Å². The molecule has 0 bridgehead atoms. The zero-order chi connectivity index (χ0) is 35.2. The van der Waals surface area contributed by atoms with Crippen LogP contribution in [0.4, 0.5) is 0 Å². The van der Waals surface area contributed by atoms with Gasteiger partial charge in [0.15, 0.2) is 0 Å². The van der Waals surface area contributed by atoms with Gasteiger partial charge in [0, 0.05) is 13.0 Å². The zero-order valence-electron chi connectivity index (χ0n) is 30.9. The third-order valence-corrected chi connectivity index (χ3v) is 8.21. The lowest BCUT2D eigenvalue weighted by atomic mass is 10.1. The number of esters is 1. The molecule has 0 heterocycles. The maximum Gasteiger partial charge on any atom is 0.330 e. The van der Waals surface area contributed by atoms with Crippen LogP contribution in [0.25, 0.3) is 0 Å². The van der Waals surface area contributed by atoms with Crippen molar-refractivity contribution in [1.29, 1.82) is 0 Å². The van der Waals surface area contributed by atoms with Gasteiger partial charge in [0.25, 0.3) is 0 Å². The van der Waals surface area contributed by atoms with Crippen LogP contribution in [0.2, 0.25) is 0 Å². The van der Waals surface area contributed by atoms with E-state index in [9.17, 15) is 14.4 Å². The summed E-state index contributed by atoms with van der Waals surface area (Å²) in [5.41, 5.74) is 0. The van der Waals surface area contributed by atoms with E-state index in [1.165, 1.54) is 70.6 Å². The van der Waals surface area contributed by atoms with E-state index >= 15 is 0 Å². The Morgan fingerprint density at radius 3 is 1.48 bits per heavy atom. The average Bonchev–Trinajstić information content (AvgIpc) is 3.09. The van der Waals surface area contributed by atoms with Crippen molar-refractivity contribution >= 4 is 17.8 Å². The second-order valence-electron chi connectivity index (χ2n) is 12.8. The Labute approximate surface area is 294 Å². The Balaban J connectivity index is 4.02. The van der Waals surface area contributed by atoms with Gasteiger partial charge in [-0.15, -0.1) is 0 Å². The smallest absolute Gasteiger partial charge is 0.330 e. The van der Waals surface area contributed by atoms with E-state index in [0.29, 0.717) is 13.0 Å². The molecule has 3 N–H and O–H groups in total. The SMILES string of the molecule is CCCCC/C=C\C/C=C\CCCCCCCCOC(=O)C(CNC(=O)CO)NC(=O)CCCCCCC/C=C\C/C=C\CCCCC. The Kier molecular flexibility index (Phi) is 35.1. The highest BCUT2D eigenvalue weighted by Gasteiger charge is 2.22. The number of aliphatic hydroxyl groups excluding tert-OH is 1. The molecule has 0 aliphatic heterocycles. The number of nitrogens with one attached hydrogen (secondary N) is 2. The van der Waals surface area contributed by atoms with Gasteiger partial charge in [-0.05, 0) is 77.0 Å². The minimum absolute atomic E-state index is 0.101. The van der Waals surface area contributed by atoms with Crippen molar-refractivity contribution in [3.63, 3.8) is 0 Å². The maximum absolute atomic E-state index is 12.7. The van der Waals surface area contributed by atoms with Crippen molar-refractivity contribution in [2.24, 2.45) is 0 Å². The molecule has 7 heteroatoms. The first-order valence-electron chi connectivity index (χ1n) is 19.5. The number of carbonyl (C=O) groups excluding carboxylic acids is 3. The summed E-state index contributed by atoms with van der Waals surface area (Å²) in [6.07, 6.45) is 44.3. The van der Waals surface area contributed by atoms with E-state index in [1.807, 2.05) is 0 Å². The number of carbonyl (C=O) groups is 3. The van der Waals surface area contributed by atoms with Gasteiger partial charge < -0.3 is 20.5 Å². The predicted molar refractivity (Wildman–Crippen MR) is 202 cm³/mol. The van der Waals surface area contributed by atoms with Crippen LogP contribution in [0.1, 0.15) is 168 Å². The molecule has 48 heavy (non-hydrogen) atoms. The molecule has 0 saturated carbocycles. The first-order valence-corrected chi connectivity index (χ1v) is 19.5. The minimum Gasteiger partial charge on any atom is -0.464 e. The summed E-state index contributed by atoms with van der Waals surface area (Å²) in [6, 6.07) is -0.962. The van der Waals surface area contributed by atoms with E-state index in [0.717, 1.165) is 77.0 Å². The molecule has 276 valence electrons. The Hall–Kier alpha value is -2.67. The number of aliphatic hydroxyl groups is 1. The van der Waals surface area contributed by atoms with E-state index in [-0.39, 0.29) is 12.5 Å². The van der Waals surface area contributed by atoms with Crippen molar-refractivity contribution < 1.29 is 24.2 Å². The maximum atomic E-state index is 12.7. The highest BCUT2D eigenvalue weighted by Crippen LogP contribution is 2.10. The molecular formula is C41H72N2O5. The summed E-state index contributed by atoms with van der Waals surface area (Å²) in [5, 5.41) is 14.2. The molecular weight excluding hydrogens is 600 g/mol. The van der Waals surface area contributed by atoms with Crippen LogP contribution in [0.5, 0.6) is 0 Å². The molecule has 2 amide bonds. The van der Waals surface area contributed by atoms with Gasteiger partial charge in [0.2, 0.25) is 11.8 Å². The van der Waals surface area contributed by atoms with Crippen molar-refractivity contribution in [1.82, 2.24) is 10.6 Å². The van der Waals surface area contributed by atoms with E-state index in [1.54, 1.807) is 0 Å². The number of allylic oxidation sites excluding steroid dienone is 8. The largest absolute Gasteiger partial charge is 0.464 e. The lowest BCUT2D eigenvalue weighted by Crippen LogP contribution is -2.49. The van der Waals surface area contributed by atoms with Crippen LogP contribution in [0.15, 0.2) is 48.6 Å². The van der Waals surface area contributed by atoms with Crippen molar-refractivity contribution in [2.75, 3.05) is 19.8 Å². The summed E-state index contributed by atoms with van der Waals surface area (Å²) in [4.78, 5) is 36.8. The Bertz CT molecular complexity index is 880. The zero-order valence-corrected chi connectivity index (χ0v) is 30.9. The number of rotatable bonds is 34. The Morgan fingerprint density at radius 1 is 0.562 bits per heavy atom. The highest BCUT2D eigenvalue weighted by atomic mass is 16.5. The third kappa shape index (κ3) is 33.2. The molecule has 0 aromatic rings. The molecule has 0 radical (unpaired) electrons. The molecule has 0 fully saturated rings. The molecule has 0 aromatic carbocycles. The fourth-order valence-electron chi connectivity index (χ4n) is 5.19. The van der Waals surface area contributed by atoms with E-state index in [2.05, 4.69) is 73.1 Å². The molecule has 0 spiro atoms. The summed E-state index contributed by atoms with van der Waals surface area (Å²) in [6.45, 7) is 3.98. The second kappa shape index (κ2) is 37.2. The molecule has 0 saturated heterocycles. The number of ether oxygens (including phenoxy) is 1. The lowest BCUT2D eigenvalue weighted by Gasteiger charge is -2.18. The molecule has 0 aliphatic carbocycles. The van der Waals surface area contributed by atoms with Gasteiger partial charge in [-0.25, -0.2) is 4.79 Å². The number of hydrogen-bond acceptors (Lipinski definition) is 5. The second-order valence-corrected chi connectivity index (χ2v) is 12.8. The summed E-state index contributed by atoms with van der Waals surface area (Å²) >= 11 is 0. The number of hydrogen-bond donors (Lipinski definition) is 3. The molecule has 1 unspecified atom stereocenters. The molecule has 0 aromatic heterocycles. The van der Waals surface area contributed by atoms with Crippen LogP contribution >= 0.6 is 0 Å². The van der Waals surface area contributed by atoms with Gasteiger partial charge in [-0.3, -0.25) is 9.59 Å². The predicted octanol–water partition coefficient (Wildman–Crippen LogP) is 9.75. The topological polar surface area (TPSA) is 105 Å². The molecule has 1 atom stereocenters. The first-order chi connectivity index (χ1) is 23.5. The van der Waals surface area contributed by atoms with Gasteiger partial charge in [-0.2, -0.15) is 0 Å². The molecule has 7 nitrogen and oxygen atoms in total. The monoisotopic (exact) mass is 673 g/mol. The van der Waals surface area contributed by atoms with Gasteiger partial charge in [0.1, 0.15) is 12.6 Å². The molecule has 0 aliphatic rings. The summed E-state index contributed by atoms with van der Waals surface area (Å²) in [5.74, 6) is -1.38. The number of unbranched alkanes of at least 4 members (excludes halogenated alkanes) is 17. The van der Waals surface area contributed by atoms with Gasteiger partial charge in [-0.1, -0.05) is 133 Å². The van der Waals surface area contributed by atoms with Crippen molar-refractivity contribution in [3.8, 4) is 0 Å². The van der Waals surface area contributed by atoms with Gasteiger partial charge >= 0.3 is 5.97 Å². The van der Waals surface area contributed by atoms with E-state index < -0.39 is 24.5 Å². The first kappa shape index (κ1) is 45.3. The van der Waals surface area contributed by atoms with Crippen LogP contribution in [-0.4, -0.2) is 48.7 Å². The molecule has 0 rings (SSSR count). The average molecular weight is 673 g/mol. The highest BCUT2D eigenvalue weighted by molar-refractivity contribution is 5.85. The van der Waals surface area contributed by atoms with Gasteiger partial charge in [0.05, 0.1) is 6.61 Å². The summed E-state index contributed by atoms with van der Waals surface area (Å²) in [7, 11) is 0. The van der Waals surface area contributed by atoms with E-state index in [4.69, 9.17) is 9.84 Å². The third-order valence-electron chi connectivity index (χ3n) is 8.21. The minimum atomic E-state index is -0.962. The lowest BCUT2D eigenvalue weighted by molar-refractivity contribution is -0.148. The normalized spacial score (nSPS) is 12.5. The fourth-order valence-corrected chi connectivity index (χ4v) is 5.19. The Morgan fingerprint density at radius 2 is 1.00 bits per heavy atom.